The van der Waals surface area contributed by atoms with Gasteiger partial charge in [-0.05, 0) is 67.4 Å². The molecule has 0 radical (unpaired) electrons. The van der Waals surface area contributed by atoms with Crippen LogP contribution in [0.3, 0.4) is 0 Å². The van der Waals surface area contributed by atoms with Crippen LogP contribution >= 0.6 is 0 Å². The van der Waals surface area contributed by atoms with Crippen LogP contribution in [0, 0.1) is 17.5 Å². The van der Waals surface area contributed by atoms with Crippen molar-refractivity contribution in [2.75, 3.05) is 17.4 Å². The van der Waals surface area contributed by atoms with E-state index in [0.717, 1.165) is 12.1 Å². The van der Waals surface area contributed by atoms with Crippen LogP contribution in [0.1, 0.15) is 18.4 Å². The summed E-state index contributed by atoms with van der Waals surface area (Å²) in [5, 5.41) is 0. The fourth-order valence-electron chi connectivity index (χ4n) is 4.03. The van der Waals surface area contributed by atoms with E-state index >= 15 is 0 Å². The minimum atomic E-state index is -4.00. The fourth-order valence-corrected chi connectivity index (χ4v) is 5.74. The van der Waals surface area contributed by atoms with Gasteiger partial charge in [-0.15, -0.1) is 0 Å². The van der Waals surface area contributed by atoms with Gasteiger partial charge in [-0.25, -0.2) is 21.6 Å². The minimum absolute atomic E-state index is 0.0305. The molecule has 1 heterocycles. The second-order valence-corrected chi connectivity index (χ2v) is 9.64. The average Bonchev–Trinajstić information content (AvgIpc) is 2.78. The first-order chi connectivity index (χ1) is 15.3. The highest BCUT2D eigenvalue weighted by molar-refractivity contribution is 7.92. The van der Waals surface area contributed by atoms with Crippen molar-refractivity contribution in [1.29, 1.82) is 0 Å². The Morgan fingerprint density at radius 2 is 1.38 bits per heavy atom. The van der Waals surface area contributed by atoms with Gasteiger partial charge in [-0.1, -0.05) is 18.2 Å². The minimum Gasteiger partial charge on any atom is -0.299 e. The van der Waals surface area contributed by atoms with Gasteiger partial charge in [0.1, 0.15) is 17.5 Å². The van der Waals surface area contributed by atoms with Crippen molar-refractivity contribution in [3.8, 4) is 0 Å². The highest BCUT2D eigenvalue weighted by Gasteiger charge is 2.34. The molecule has 168 valence electrons. The Labute approximate surface area is 186 Å². The van der Waals surface area contributed by atoms with Crippen LogP contribution in [-0.2, 0) is 16.6 Å². The third kappa shape index (κ3) is 4.81. The first-order valence-corrected chi connectivity index (χ1v) is 11.8. The number of piperidine rings is 1. The second kappa shape index (κ2) is 9.34. The Bertz CT molecular complexity index is 1160. The van der Waals surface area contributed by atoms with Gasteiger partial charge in [0.2, 0.25) is 0 Å². The van der Waals surface area contributed by atoms with Crippen LogP contribution in [0.15, 0.2) is 77.7 Å². The summed E-state index contributed by atoms with van der Waals surface area (Å²) in [6, 6.07) is 16.2. The van der Waals surface area contributed by atoms with Gasteiger partial charge in [0.15, 0.2) is 0 Å². The maximum absolute atomic E-state index is 14.0. The zero-order chi connectivity index (χ0) is 22.7. The second-order valence-electron chi connectivity index (χ2n) is 7.83. The van der Waals surface area contributed by atoms with E-state index < -0.39 is 21.7 Å². The lowest BCUT2D eigenvalue weighted by Gasteiger charge is -2.39. The molecule has 1 aliphatic rings. The molecular formula is C24H23F3N2O2S. The summed E-state index contributed by atoms with van der Waals surface area (Å²) in [4.78, 5) is 2.06. The zero-order valence-corrected chi connectivity index (χ0v) is 18.1. The Balaban J connectivity index is 1.58. The smallest absolute Gasteiger partial charge is 0.264 e. The quantitative estimate of drug-likeness (QED) is 0.522. The lowest BCUT2D eigenvalue weighted by molar-refractivity contribution is 0.204. The molecule has 0 atom stereocenters. The number of benzene rings is 3. The molecule has 0 N–H and O–H groups in total. The number of sulfonamides is 1. The number of rotatable bonds is 6. The Kier molecular flexibility index (Phi) is 6.53. The summed E-state index contributed by atoms with van der Waals surface area (Å²) in [7, 11) is -4.00. The number of hydrogen-bond acceptors (Lipinski definition) is 3. The summed E-state index contributed by atoms with van der Waals surface area (Å²) in [5.41, 5.74) is 0.948. The molecule has 1 saturated heterocycles. The van der Waals surface area contributed by atoms with E-state index in [1.54, 1.807) is 18.2 Å². The largest absolute Gasteiger partial charge is 0.299 e. The highest BCUT2D eigenvalue weighted by Crippen LogP contribution is 2.31. The first-order valence-electron chi connectivity index (χ1n) is 10.4. The molecule has 0 aromatic heterocycles. The van der Waals surface area contributed by atoms with E-state index in [4.69, 9.17) is 0 Å². The highest BCUT2D eigenvalue weighted by atomic mass is 32.2. The van der Waals surface area contributed by atoms with Crippen LogP contribution in [-0.4, -0.2) is 32.4 Å². The molecule has 4 nitrogen and oxygen atoms in total. The topological polar surface area (TPSA) is 40.6 Å². The molecule has 3 aromatic rings. The Morgan fingerprint density at radius 3 is 1.97 bits per heavy atom. The van der Waals surface area contributed by atoms with Crippen LogP contribution in [0.5, 0.6) is 0 Å². The van der Waals surface area contributed by atoms with Gasteiger partial charge in [0, 0.05) is 31.2 Å². The van der Waals surface area contributed by atoms with E-state index in [1.165, 1.54) is 46.8 Å². The summed E-state index contributed by atoms with van der Waals surface area (Å²) in [6.07, 6.45) is 1.04. The van der Waals surface area contributed by atoms with E-state index in [9.17, 15) is 21.6 Å². The van der Waals surface area contributed by atoms with Crippen molar-refractivity contribution in [3.05, 3.63) is 95.8 Å². The standard InChI is InChI=1S/C24H23F3N2O2S/c25-19-5-9-21(10-6-19)29(32(30,31)23-11-7-20(26)8-12-23)22-13-15-28(16-14-22)17-18-3-1-2-4-24(18)27/h1-12,22H,13-17H2. The van der Waals surface area contributed by atoms with Crippen molar-refractivity contribution < 1.29 is 21.6 Å². The molecule has 0 bridgehead atoms. The third-order valence-corrected chi connectivity index (χ3v) is 7.59. The fraction of sp³-hybridized carbons (Fsp3) is 0.250. The first kappa shape index (κ1) is 22.4. The summed E-state index contributed by atoms with van der Waals surface area (Å²) >= 11 is 0. The van der Waals surface area contributed by atoms with Crippen molar-refractivity contribution in [2.45, 2.75) is 30.3 Å². The Morgan fingerprint density at radius 1 is 0.812 bits per heavy atom. The molecule has 0 aliphatic carbocycles. The zero-order valence-electron chi connectivity index (χ0n) is 17.3. The van der Waals surface area contributed by atoms with Crippen LogP contribution in [0.25, 0.3) is 0 Å². The predicted molar refractivity (Wildman–Crippen MR) is 117 cm³/mol. The van der Waals surface area contributed by atoms with Gasteiger partial charge in [-0.3, -0.25) is 9.21 Å². The van der Waals surface area contributed by atoms with Crippen molar-refractivity contribution in [3.63, 3.8) is 0 Å². The van der Waals surface area contributed by atoms with Crippen molar-refractivity contribution in [2.24, 2.45) is 0 Å². The van der Waals surface area contributed by atoms with Gasteiger partial charge in [-0.2, -0.15) is 0 Å². The molecule has 0 saturated carbocycles. The van der Waals surface area contributed by atoms with Crippen molar-refractivity contribution >= 4 is 15.7 Å². The summed E-state index contributed by atoms with van der Waals surface area (Å²) < 4.78 is 69.2. The molecule has 0 spiro atoms. The predicted octanol–water partition coefficient (Wildman–Crippen LogP) is 4.96. The number of likely N-dealkylation sites (tertiary alicyclic amines) is 1. The van der Waals surface area contributed by atoms with Crippen LogP contribution < -0.4 is 4.31 Å². The maximum Gasteiger partial charge on any atom is 0.264 e. The lowest BCUT2D eigenvalue weighted by Crippen LogP contribution is -2.47. The number of nitrogens with zero attached hydrogens (tertiary/aromatic N) is 2. The van der Waals surface area contributed by atoms with Crippen LogP contribution in [0.4, 0.5) is 18.9 Å². The normalized spacial score (nSPS) is 15.6. The molecule has 32 heavy (non-hydrogen) atoms. The molecule has 8 heteroatoms. The number of hydrogen-bond donors (Lipinski definition) is 0. The molecule has 3 aromatic carbocycles. The summed E-state index contributed by atoms with van der Waals surface area (Å²) in [6.45, 7) is 1.60. The molecule has 1 aliphatic heterocycles. The van der Waals surface area contributed by atoms with Crippen molar-refractivity contribution in [1.82, 2.24) is 4.90 Å². The van der Waals surface area contributed by atoms with E-state index in [-0.39, 0.29) is 16.8 Å². The number of anilines is 1. The SMILES string of the molecule is O=S(=O)(c1ccc(F)cc1)N(c1ccc(F)cc1)C1CCN(Cc2ccccc2F)CC1. The summed E-state index contributed by atoms with van der Waals surface area (Å²) in [5.74, 6) is -1.26. The monoisotopic (exact) mass is 460 g/mol. The lowest BCUT2D eigenvalue weighted by atomic mass is 10.0. The van der Waals surface area contributed by atoms with E-state index in [2.05, 4.69) is 4.90 Å². The average molecular weight is 461 g/mol. The van der Waals surface area contributed by atoms with Gasteiger partial charge < -0.3 is 0 Å². The number of halogens is 3. The molecule has 1 fully saturated rings. The molecular weight excluding hydrogens is 437 g/mol. The van der Waals surface area contributed by atoms with Crippen LogP contribution in [0.2, 0.25) is 0 Å². The molecule has 4 rings (SSSR count). The van der Waals surface area contributed by atoms with E-state index in [0.29, 0.717) is 43.7 Å². The molecule has 0 amide bonds. The van der Waals surface area contributed by atoms with Gasteiger partial charge in [0.05, 0.1) is 10.6 Å². The van der Waals surface area contributed by atoms with E-state index in [1.807, 2.05) is 0 Å². The Hall–Kier alpha value is -2.84. The van der Waals surface area contributed by atoms with Gasteiger partial charge in [0.25, 0.3) is 10.0 Å². The molecule has 0 unspecified atom stereocenters. The third-order valence-electron chi connectivity index (χ3n) is 5.69. The maximum atomic E-state index is 14.0. The van der Waals surface area contributed by atoms with Gasteiger partial charge >= 0.3 is 0 Å².